The maximum Gasteiger partial charge on any atom is 0.411 e. The number of ether oxygens (including phenoxy) is 3. The molecule has 0 aliphatic heterocycles. The van der Waals surface area contributed by atoms with E-state index in [0.717, 1.165) is 11.1 Å². The molecule has 0 saturated carbocycles. The number of hydrogen-bond donors (Lipinski definition) is 3. The van der Waals surface area contributed by atoms with Crippen molar-refractivity contribution in [2.75, 3.05) is 44.5 Å². The molecule has 13 heteroatoms. The Balaban J connectivity index is 1.72. The van der Waals surface area contributed by atoms with Crippen LogP contribution in [0.25, 0.3) is 0 Å². The zero-order valence-corrected chi connectivity index (χ0v) is 26.0. The summed E-state index contributed by atoms with van der Waals surface area (Å²) in [5.41, 5.74) is 3.12. The summed E-state index contributed by atoms with van der Waals surface area (Å²) in [6, 6.07) is 23.8. The zero-order valence-electron chi connectivity index (χ0n) is 25.1. The van der Waals surface area contributed by atoms with Gasteiger partial charge in [-0.3, -0.25) is 10.6 Å². The van der Waals surface area contributed by atoms with Gasteiger partial charge in [0, 0.05) is 23.8 Å². The molecular formula is C31H39N3O9S. The molecule has 0 unspecified atom stereocenters. The number of rotatable bonds is 16. The third-order valence-corrected chi connectivity index (χ3v) is 7.34. The van der Waals surface area contributed by atoms with Crippen molar-refractivity contribution in [1.82, 2.24) is 5.32 Å². The summed E-state index contributed by atoms with van der Waals surface area (Å²) < 4.78 is 50.2. The van der Waals surface area contributed by atoms with Crippen LogP contribution in [-0.2, 0) is 28.2 Å². The molecule has 44 heavy (non-hydrogen) atoms. The maximum atomic E-state index is 12.4. The van der Waals surface area contributed by atoms with E-state index in [-0.39, 0.29) is 19.1 Å². The molecule has 0 fully saturated rings. The average molecular weight is 630 g/mol. The first-order chi connectivity index (χ1) is 21.1. The molecule has 2 amide bonds. The summed E-state index contributed by atoms with van der Waals surface area (Å²) >= 11 is 0. The lowest BCUT2D eigenvalue weighted by Gasteiger charge is -2.22. The van der Waals surface area contributed by atoms with Gasteiger partial charge in [0.05, 0.1) is 20.3 Å². The van der Waals surface area contributed by atoms with E-state index in [1.54, 1.807) is 50.2 Å². The highest BCUT2D eigenvalue weighted by atomic mass is 32.3. The molecule has 3 N–H and O–H groups in total. The number of para-hydroxylation sites is 1. The largest absolute Gasteiger partial charge is 0.491 e. The van der Waals surface area contributed by atoms with Gasteiger partial charge in [-0.1, -0.05) is 42.5 Å². The minimum Gasteiger partial charge on any atom is -0.491 e. The highest BCUT2D eigenvalue weighted by Gasteiger charge is 2.23. The summed E-state index contributed by atoms with van der Waals surface area (Å²) in [5, 5.41) is 8.56. The van der Waals surface area contributed by atoms with Gasteiger partial charge in [-0.2, -0.15) is 8.42 Å². The van der Waals surface area contributed by atoms with E-state index in [0.29, 0.717) is 30.1 Å². The van der Waals surface area contributed by atoms with E-state index in [2.05, 4.69) is 25.4 Å². The second-order valence-electron chi connectivity index (χ2n) is 9.92. The number of carbonyl (C=O) groups is 2. The van der Waals surface area contributed by atoms with Crippen molar-refractivity contribution in [3.63, 3.8) is 0 Å². The molecular weight excluding hydrogens is 590 g/mol. The van der Waals surface area contributed by atoms with Gasteiger partial charge < -0.3 is 19.5 Å². The van der Waals surface area contributed by atoms with Crippen LogP contribution in [0.1, 0.15) is 37.3 Å². The third-order valence-electron chi connectivity index (χ3n) is 6.21. The van der Waals surface area contributed by atoms with Crippen LogP contribution in [0.2, 0.25) is 0 Å². The predicted octanol–water partition coefficient (Wildman–Crippen LogP) is 5.29. The Hall–Kier alpha value is -4.17. The fourth-order valence-corrected chi connectivity index (χ4v) is 5.20. The van der Waals surface area contributed by atoms with Gasteiger partial charge >= 0.3 is 22.6 Å². The molecule has 3 rings (SSSR count). The Kier molecular flexibility index (Phi) is 13.4. The topological polar surface area (TPSA) is 151 Å². The molecule has 3 aromatic rings. The zero-order chi connectivity index (χ0) is 32.0. The highest BCUT2D eigenvalue weighted by molar-refractivity contribution is 7.81. The second-order valence-corrected chi connectivity index (χ2v) is 11.1. The van der Waals surface area contributed by atoms with Crippen molar-refractivity contribution in [2.45, 2.75) is 38.4 Å². The van der Waals surface area contributed by atoms with Gasteiger partial charge in [-0.05, 0) is 74.3 Å². The van der Waals surface area contributed by atoms with Gasteiger partial charge in [0.15, 0.2) is 0 Å². The van der Waals surface area contributed by atoms with Gasteiger partial charge in [-0.15, -0.1) is 0 Å². The molecule has 0 aliphatic rings. The van der Waals surface area contributed by atoms with Crippen molar-refractivity contribution < 1.29 is 40.6 Å². The Bertz CT molecular complexity index is 1360. The van der Waals surface area contributed by atoms with E-state index in [4.69, 9.17) is 13.1 Å². The molecule has 3 aromatic carbocycles. The Morgan fingerprint density at radius 2 is 1.27 bits per heavy atom. The summed E-state index contributed by atoms with van der Waals surface area (Å²) in [4.78, 5) is 23.2. The molecule has 1 atom stereocenters. The molecule has 0 radical (unpaired) electrons. The number of nitrogens with one attached hydrogen (secondary N) is 3. The van der Waals surface area contributed by atoms with Crippen LogP contribution >= 0.6 is 0 Å². The fraction of sp³-hybridized carbons (Fsp3) is 0.355. The van der Waals surface area contributed by atoms with Crippen LogP contribution in [0.15, 0.2) is 78.9 Å². The van der Waals surface area contributed by atoms with Gasteiger partial charge in [0.2, 0.25) is 0 Å². The van der Waals surface area contributed by atoms with E-state index in [9.17, 15) is 18.0 Å². The minimum absolute atomic E-state index is 0.0234. The minimum atomic E-state index is -4.25. The lowest BCUT2D eigenvalue weighted by atomic mass is 9.88. The fourth-order valence-electron chi connectivity index (χ4n) is 4.22. The summed E-state index contributed by atoms with van der Waals surface area (Å²) in [6.07, 6.45) is -1.95. The van der Waals surface area contributed by atoms with Crippen molar-refractivity contribution in [2.24, 2.45) is 0 Å². The average Bonchev–Trinajstić information content (AvgIpc) is 3.00. The third kappa shape index (κ3) is 11.8. The summed E-state index contributed by atoms with van der Waals surface area (Å²) in [7, 11) is -1.66. The SMILES string of the molecule is COC(=O)Nc1ccc(C(CCNC[C@@H](COc2ccccc2)OS(=O)(=O)OC(C)C)c2ccc(NC(=O)OC)cc2)cc1. The van der Waals surface area contributed by atoms with E-state index < -0.39 is 34.8 Å². The number of hydrogen-bond acceptors (Lipinski definition) is 10. The number of amides is 2. The van der Waals surface area contributed by atoms with E-state index >= 15 is 0 Å². The smallest absolute Gasteiger partial charge is 0.411 e. The number of carbonyl (C=O) groups excluding carboxylic acids is 2. The van der Waals surface area contributed by atoms with Crippen LogP contribution in [0, 0.1) is 0 Å². The summed E-state index contributed by atoms with van der Waals surface area (Å²) in [6.45, 7) is 3.84. The Labute approximate surface area is 258 Å². The Morgan fingerprint density at radius 3 is 1.75 bits per heavy atom. The van der Waals surface area contributed by atoms with Gasteiger partial charge in [-0.25, -0.2) is 18.0 Å². The Morgan fingerprint density at radius 1 is 0.750 bits per heavy atom. The molecule has 0 aliphatic carbocycles. The molecule has 238 valence electrons. The van der Waals surface area contributed by atoms with Crippen LogP contribution in [0.3, 0.4) is 0 Å². The lowest BCUT2D eigenvalue weighted by Crippen LogP contribution is -2.37. The first-order valence-corrected chi connectivity index (χ1v) is 15.3. The van der Waals surface area contributed by atoms with Crippen LogP contribution in [0.5, 0.6) is 5.75 Å². The van der Waals surface area contributed by atoms with Crippen molar-refractivity contribution in [3.8, 4) is 5.75 Å². The molecule has 0 bridgehead atoms. The molecule has 12 nitrogen and oxygen atoms in total. The van der Waals surface area contributed by atoms with Crippen LogP contribution in [-0.4, -0.2) is 66.7 Å². The molecule has 0 spiro atoms. The van der Waals surface area contributed by atoms with Crippen LogP contribution in [0.4, 0.5) is 21.0 Å². The first kappa shape index (κ1) is 34.3. The van der Waals surface area contributed by atoms with Gasteiger partial charge in [0.25, 0.3) is 0 Å². The summed E-state index contributed by atoms with van der Waals surface area (Å²) in [5.74, 6) is 0.494. The van der Waals surface area contributed by atoms with E-state index in [1.807, 2.05) is 42.5 Å². The van der Waals surface area contributed by atoms with E-state index in [1.165, 1.54) is 14.2 Å². The number of methoxy groups -OCH3 is 2. The lowest BCUT2D eigenvalue weighted by molar-refractivity contribution is 0.0970. The molecule has 0 heterocycles. The van der Waals surface area contributed by atoms with Crippen molar-refractivity contribution in [1.29, 1.82) is 0 Å². The number of anilines is 2. The highest BCUT2D eigenvalue weighted by Crippen LogP contribution is 2.30. The first-order valence-electron chi connectivity index (χ1n) is 14.0. The monoisotopic (exact) mass is 629 g/mol. The number of benzene rings is 3. The van der Waals surface area contributed by atoms with Crippen LogP contribution < -0.4 is 20.7 Å². The normalized spacial score (nSPS) is 12.0. The quantitative estimate of drug-likeness (QED) is 0.178. The van der Waals surface area contributed by atoms with Crippen molar-refractivity contribution >= 4 is 34.0 Å². The molecule has 0 aromatic heterocycles. The van der Waals surface area contributed by atoms with Crippen molar-refractivity contribution in [3.05, 3.63) is 90.0 Å². The maximum absolute atomic E-state index is 12.4. The second kappa shape index (κ2) is 17.2. The van der Waals surface area contributed by atoms with Gasteiger partial charge in [0.1, 0.15) is 18.5 Å². The molecule has 0 saturated heterocycles. The standard InChI is InChI=1S/C31H39N3O9S/c1-22(2)42-44(37,38)43-28(21-41-27-8-6-5-7-9-27)20-32-19-18-29(23-10-14-25(15-11-23)33-30(35)39-3)24-12-16-26(17-13-24)34-31(36)40-4/h5-17,22,28-29,32H,18-21H2,1-4H3,(H,33,35)(H,34,36)/t28-/m0/s1. The predicted molar refractivity (Wildman–Crippen MR) is 166 cm³/mol.